The third kappa shape index (κ3) is 4.48. The van der Waals surface area contributed by atoms with E-state index in [0.29, 0.717) is 11.4 Å². The van der Waals surface area contributed by atoms with Crippen LogP contribution in [-0.2, 0) is 0 Å². The summed E-state index contributed by atoms with van der Waals surface area (Å²) in [4.78, 5) is 8.49. The Morgan fingerprint density at radius 1 is 1.19 bits per heavy atom. The average Bonchev–Trinajstić information content (AvgIpc) is 2.84. The first-order chi connectivity index (χ1) is 10.0. The summed E-state index contributed by atoms with van der Waals surface area (Å²) in [7, 11) is 0. The lowest BCUT2D eigenvalue weighted by atomic mass is 9.78. The quantitative estimate of drug-likeness (QED) is 0.716. The number of nitrogens with one attached hydrogen (secondary N) is 2. The second-order valence-electron chi connectivity index (χ2n) is 6.69. The van der Waals surface area contributed by atoms with E-state index in [1.54, 1.807) is 0 Å². The predicted octanol–water partition coefficient (Wildman–Crippen LogP) is 3.51. The molecule has 1 heterocycles. The van der Waals surface area contributed by atoms with Crippen LogP contribution >= 0.6 is 0 Å². The molecule has 0 amide bonds. The number of nitrogens with zero attached hydrogens (tertiary/aromatic N) is 2. The van der Waals surface area contributed by atoms with Crippen LogP contribution in [-0.4, -0.2) is 23.1 Å². The molecule has 21 heavy (non-hydrogen) atoms. The van der Waals surface area contributed by atoms with Crippen LogP contribution in [0.15, 0.2) is 6.07 Å². The van der Waals surface area contributed by atoms with E-state index >= 15 is 0 Å². The van der Waals surface area contributed by atoms with Crippen LogP contribution in [0.25, 0.3) is 0 Å². The monoisotopic (exact) mass is 291 g/mol. The van der Waals surface area contributed by atoms with E-state index in [1.807, 2.05) is 13.0 Å². The Labute approximate surface area is 128 Å². The first-order valence-corrected chi connectivity index (χ1v) is 8.15. The summed E-state index contributed by atoms with van der Waals surface area (Å²) in [6.07, 6.45) is 6.62. The smallest absolute Gasteiger partial charge is 0.223 e. The van der Waals surface area contributed by atoms with Gasteiger partial charge in [-0.25, -0.2) is 0 Å². The number of nitrogens with two attached hydrogens (primary N) is 1. The predicted molar refractivity (Wildman–Crippen MR) is 89.5 cm³/mol. The van der Waals surface area contributed by atoms with Gasteiger partial charge in [0, 0.05) is 19.2 Å². The molecule has 5 nitrogen and oxygen atoms in total. The summed E-state index contributed by atoms with van der Waals surface area (Å²) in [5, 5.41) is 6.69. The van der Waals surface area contributed by atoms with Crippen molar-refractivity contribution in [1.82, 2.24) is 9.97 Å². The number of rotatable bonds is 7. The third-order valence-electron chi connectivity index (χ3n) is 4.25. The molecule has 0 atom stereocenters. The highest BCUT2D eigenvalue weighted by Crippen LogP contribution is 2.43. The minimum atomic E-state index is 0.320. The molecule has 5 heteroatoms. The van der Waals surface area contributed by atoms with Crippen molar-refractivity contribution in [3.05, 3.63) is 6.07 Å². The standard InChI is InChI=1S/C16H29N5/c1-4-18-13-9-14(21-15(17)20-13)19-11-16(10-12(2)3)7-5-6-8-16/h9,12H,4-8,10-11H2,1-3H3,(H4,17,18,19,20,21). The highest BCUT2D eigenvalue weighted by Gasteiger charge is 2.34. The zero-order valence-corrected chi connectivity index (χ0v) is 13.6. The summed E-state index contributed by atoms with van der Waals surface area (Å²) in [6, 6.07) is 1.94. The second kappa shape index (κ2) is 6.96. The van der Waals surface area contributed by atoms with Crippen LogP contribution in [0.4, 0.5) is 17.6 Å². The first-order valence-electron chi connectivity index (χ1n) is 8.15. The number of nitrogen functional groups attached to an aromatic ring is 1. The molecule has 1 aromatic heterocycles. The molecule has 0 bridgehead atoms. The fourth-order valence-electron chi connectivity index (χ4n) is 3.55. The number of aromatic nitrogens is 2. The molecule has 4 N–H and O–H groups in total. The van der Waals surface area contributed by atoms with E-state index < -0.39 is 0 Å². The van der Waals surface area contributed by atoms with Crippen LogP contribution < -0.4 is 16.4 Å². The Hall–Kier alpha value is -1.52. The minimum absolute atomic E-state index is 0.320. The topological polar surface area (TPSA) is 75.9 Å². The maximum absolute atomic E-state index is 5.78. The number of hydrogen-bond donors (Lipinski definition) is 3. The van der Waals surface area contributed by atoms with Crippen molar-refractivity contribution in [2.45, 2.75) is 52.9 Å². The Kier molecular flexibility index (Phi) is 5.26. The van der Waals surface area contributed by atoms with E-state index in [4.69, 9.17) is 5.73 Å². The van der Waals surface area contributed by atoms with Gasteiger partial charge in [0.2, 0.25) is 5.95 Å². The molecule has 1 aromatic rings. The average molecular weight is 291 g/mol. The molecule has 1 saturated carbocycles. The molecule has 0 spiro atoms. The highest BCUT2D eigenvalue weighted by molar-refractivity contribution is 5.51. The van der Waals surface area contributed by atoms with Crippen molar-refractivity contribution in [2.24, 2.45) is 11.3 Å². The van der Waals surface area contributed by atoms with Gasteiger partial charge >= 0.3 is 0 Å². The van der Waals surface area contributed by atoms with Crippen LogP contribution in [0.1, 0.15) is 52.9 Å². The molecular formula is C16H29N5. The Balaban J connectivity index is 2.03. The van der Waals surface area contributed by atoms with Gasteiger partial charge in [-0.2, -0.15) is 9.97 Å². The molecule has 0 unspecified atom stereocenters. The maximum atomic E-state index is 5.78. The minimum Gasteiger partial charge on any atom is -0.370 e. The fourth-order valence-corrected chi connectivity index (χ4v) is 3.55. The Morgan fingerprint density at radius 3 is 2.38 bits per heavy atom. The summed E-state index contributed by atoms with van der Waals surface area (Å²) >= 11 is 0. The van der Waals surface area contributed by atoms with Crippen molar-refractivity contribution in [2.75, 3.05) is 29.5 Å². The first kappa shape index (κ1) is 15.9. The Morgan fingerprint density at radius 2 is 1.81 bits per heavy atom. The molecule has 1 aliphatic rings. The molecular weight excluding hydrogens is 262 g/mol. The summed E-state index contributed by atoms with van der Waals surface area (Å²) in [5.74, 6) is 2.67. The van der Waals surface area contributed by atoms with Gasteiger partial charge < -0.3 is 16.4 Å². The molecule has 1 aliphatic carbocycles. The summed E-state index contributed by atoms with van der Waals surface area (Å²) < 4.78 is 0. The summed E-state index contributed by atoms with van der Waals surface area (Å²) in [5.41, 5.74) is 6.21. The van der Waals surface area contributed by atoms with Crippen molar-refractivity contribution in [3.63, 3.8) is 0 Å². The lowest BCUT2D eigenvalue weighted by Crippen LogP contribution is -2.29. The fraction of sp³-hybridized carbons (Fsp3) is 0.750. The van der Waals surface area contributed by atoms with Gasteiger partial charge in [0.1, 0.15) is 11.6 Å². The van der Waals surface area contributed by atoms with Gasteiger partial charge in [0.15, 0.2) is 0 Å². The third-order valence-corrected chi connectivity index (χ3v) is 4.25. The molecule has 0 saturated heterocycles. The van der Waals surface area contributed by atoms with E-state index in [2.05, 4.69) is 34.4 Å². The lowest BCUT2D eigenvalue weighted by Gasteiger charge is -2.31. The largest absolute Gasteiger partial charge is 0.370 e. The van der Waals surface area contributed by atoms with Crippen LogP contribution in [0.5, 0.6) is 0 Å². The van der Waals surface area contributed by atoms with Crippen LogP contribution in [0, 0.1) is 11.3 Å². The zero-order chi connectivity index (χ0) is 15.3. The normalized spacial score (nSPS) is 17.1. The van der Waals surface area contributed by atoms with Gasteiger partial charge in [0.25, 0.3) is 0 Å². The van der Waals surface area contributed by atoms with E-state index in [0.717, 1.165) is 30.6 Å². The molecule has 118 valence electrons. The van der Waals surface area contributed by atoms with Gasteiger partial charge in [-0.15, -0.1) is 0 Å². The number of hydrogen-bond acceptors (Lipinski definition) is 5. The molecule has 0 aliphatic heterocycles. The van der Waals surface area contributed by atoms with Gasteiger partial charge in [-0.1, -0.05) is 26.7 Å². The molecule has 2 rings (SSSR count). The zero-order valence-electron chi connectivity index (χ0n) is 13.6. The Bertz CT molecular complexity index is 452. The van der Waals surface area contributed by atoms with Gasteiger partial charge in [0.05, 0.1) is 0 Å². The van der Waals surface area contributed by atoms with E-state index in [9.17, 15) is 0 Å². The van der Waals surface area contributed by atoms with Crippen LogP contribution in [0.2, 0.25) is 0 Å². The van der Waals surface area contributed by atoms with E-state index in [1.165, 1.54) is 32.1 Å². The lowest BCUT2D eigenvalue weighted by molar-refractivity contribution is 0.252. The van der Waals surface area contributed by atoms with Gasteiger partial charge in [-0.05, 0) is 37.5 Å². The SMILES string of the molecule is CCNc1cc(NCC2(CC(C)C)CCCC2)nc(N)n1. The van der Waals surface area contributed by atoms with Crippen molar-refractivity contribution in [3.8, 4) is 0 Å². The second-order valence-corrected chi connectivity index (χ2v) is 6.69. The number of anilines is 3. The van der Waals surface area contributed by atoms with E-state index in [-0.39, 0.29) is 0 Å². The molecule has 0 radical (unpaired) electrons. The van der Waals surface area contributed by atoms with Crippen molar-refractivity contribution >= 4 is 17.6 Å². The molecule has 0 aromatic carbocycles. The summed E-state index contributed by atoms with van der Waals surface area (Å²) in [6.45, 7) is 8.47. The van der Waals surface area contributed by atoms with Gasteiger partial charge in [-0.3, -0.25) is 0 Å². The van der Waals surface area contributed by atoms with Crippen molar-refractivity contribution in [1.29, 1.82) is 0 Å². The van der Waals surface area contributed by atoms with Crippen LogP contribution in [0.3, 0.4) is 0 Å². The van der Waals surface area contributed by atoms with Crippen molar-refractivity contribution < 1.29 is 0 Å². The highest BCUT2D eigenvalue weighted by atomic mass is 15.1. The molecule has 1 fully saturated rings. The maximum Gasteiger partial charge on any atom is 0.223 e.